The maximum Gasteiger partial charge on any atom is 0.152 e. The number of nitrogens with zero attached hydrogens (tertiary/aromatic N) is 2. The third-order valence-corrected chi connectivity index (χ3v) is 1.57. The SMILES string of the molecule is N#CC#Cc1cc(CC#N)ccc1F. The first-order chi connectivity index (χ1) is 6.77. The Balaban J connectivity index is 3.11. The average Bonchev–Trinajstić information content (AvgIpc) is 2.19. The smallest absolute Gasteiger partial charge is 0.152 e. The molecule has 0 aliphatic carbocycles. The molecule has 0 heterocycles. The van der Waals surface area contributed by atoms with Gasteiger partial charge in [-0.1, -0.05) is 6.07 Å². The van der Waals surface area contributed by atoms with Crippen molar-refractivity contribution in [1.82, 2.24) is 0 Å². The van der Waals surface area contributed by atoms with Gasteiger partial charge in [-0.05, 0) is 23.6 Å². The maximum atomic E-state index is 13.0. The first kappa shape index (κ1) is 9.78. The van der Waals surface area contributed by atoms with Crippen molar-refractivity contribution >= 4 is 0 Å². The topological polar surface area (TPSA) is 47.6 Å². The predicted octanol–water partition coefficient (Wildman–Crippen LogP) is 1.77. The summed E-state index contributed by atoms with van der Waals surface area (Å²) in [4.78, 5) is 0. The molecule has 1 aromatic carbocycles. The van der Waals surface area contributed by atoms with Crippen molar-refractivity contribution in [2.45, 2.75) is 6.42 Å². The minimum absolute atomic E-state index is 0.152. The fourth-order valence-corrected chi connectivity index (χ4v) is 0.965. The van der Waals surface area contributed by atoms with Crippen LogP contribution in [0.3, 0.4) is 0 Å². The van der Waals surface area contributed by atoms with Crippen molar-refractivity contribution < 1.29 is 4.39 Å². The summed E-state index contributed by atoms with van der Waals surface area (Å²) in [6, 6.07) is 7.80. The van der Waals surface area contributed by atoms with Gasteiger partial charge in [0.15, 0.2) is 6.07 Å². The Hall–Kier alpha value is -2.31. The Bertz CT molecular complexity index is 481. The summed E-state index contributed by atoms with van der Waals surface area (Å²) in [5, 5.41) is 16.6. The number of hydrogen-bond acceptors (Lipinski definition) is 2. The molecule has 0 aliphatic heterocycles. The Morgan fingerprint density at radius 2 is 2.07 bits per heavy atom. The summed E-state index contributed by atoms with van der Waals surface area (Å²) in [7, 11) is 0. The highest BCUT2D eigenvalue weighted by molar-refractivity contribution is 5.41. The van der Waals surface area contributed by atoms with E-state index in [9.17, 15) is 4.39 Å². The number of nitriles is 2. The van der Waals surface area contributed by atoms with E-state index in [-0.39, 0.29) is 12.0 Å². The van der Waals surface area contributed by atoms with E-state index < -0.39 is 5.82 Å². The lowest BCUT2D eigenvalue weighted by atomic mass is 10.1. The molecule has 0 aromatic heterocycles. The van der Waals surface area contributed by atoms with Gasteiger partial charge in [0.2, 0.25) is 0 Å². The van der Waals surface area contributed by atoms with Gasteiger partial charge in [-0.2, -0.15) is 10.5 Å². The van der Waals surface area contributed by atoms with Crippen LogP contribution in [-0.4, -0.2) is 0 Å². The molecule has 0 amide bonds. The van der Waals surface area contributed by atoms with Crippen molar-refractivity contribution in [1.29, 1.82) is 10.5 Å². The zero-order valence-electron chi connectivity index (χ0n) is 7.21. The van der Waals surface area contributed by atoms with Gasteiger partial charge in [-0.15, -0.1) is 0 Å². The zero-order valence-corrected chi connectivity index (χ0v) is 7.21. The summed E-state index contributed by atoms with van der Waals surface area (Å²) in [6.07, 6.45) is 0.210. The van der Waals surface area contributed by atoms with Crippen molar-refractivity contribution in [2.24, 2.45) is 0 Å². The second kappa shape index (κ2) is 4.65. The molecule has 66 valence electrons. The first-order valence-corrected chi connectivity index (χ1v) is 3.83. The Morgan fingerprint density at radius 1 is 1.29 bits per heavy atom. The quantitative estimate of drug-likeness (QED) is 0.624. The van der Waals surface area contributed by atoms with Gasteiger partial charge >= 0.3 is 0 Å². The molecule has 0 saturated carbocycles. The maximum absolute atomic E-state index is 13.0. The normalized spacial score (nSPS) is 7.93. The van der Waals surface area contributed by atoms with Crippen LogP contribution in [0.2, 0.25) is 0 Å². The van der Waals surface area contributed by atoms with Crippen LogP contribution in [0.5, 0.6) is 0 Å². The van der Waals surface area contributed by atoms with Crippen LogP contribution < -0.4 is 0 Å². The molecule has 3 heteroatoms. The number of rotatable bonds is 1. The van der Waals surface area contributed by atoms with Gasteiger partial charge in [0.05, 0.1) is 18.1 Å². The molecule has 0 bridgehead atoms. The lowest BCUT2D eigenvalue weighted by molar-refractivity contribution is 0.624. The monoisotopic (exact) mass is 184 g/mol. The minimum Gasteiger partial charge on any atom is -0.206 e. The van der Waals surface area contributed by atoms with E-state index in [1.54, 1.807) is 6.07 Å². The van der Waals surface area contributed by atoms with Gasteiger partial charge in [0, 0.05) is 5.92 Å². The molecule has 0 spiro atoms. The minimum atomic E-state index is -0.477. The van der Waals surface area contributed by atoms with E-state index in [0.717, 1.165) is 0 Å². The Labute approximate surface area is 81.2 Å². The molecule has 0 atom stereocenters. The van der Waals surface area contributed by atoms with E-state index in [4.69, 9.17) is 10.5 Å². The van der Waals surface area contributed by atoms with Crippen LogP contribution in [0.25, 0.3) is 0 Å². The van der Waals surface area contributed by atoms with Gasteiger partial charge < -0.3 is 0 Å². The van der Waals surface area contributed by atoms with E-state index in [1.165, 1.54) is 18.2 Å². The number of halogens is 1. The van der Waals surface area contributed by atoms with Crippen molar-refractivity contribution in [3.05, 3.63) is 35.1 Å². The van der Waals surface area contributed by atoms with E-state index >= 15 is 0 Å². The Kier molecular flexibility index (Phi) is 3.25. The van der Waals surface area contributed by atoms with Crippen molar-refractivity contribution in [3.63, 3.8) is 0 Å². The lowest BCUT2D eigenvalue weighted by Crippen LogP contribution is -1.88. The highest BCUT2D eigenvalue weighted by atomic mass is 19.1. The fraction of sp³-hybridized carbons (Fsp3) is 0.0909. The standard InChI is InChI=1S/C11H5FN2/c12-11-4-3-9(5-7-14)8-10(11)2-1-6-13/h3-4,8H,5H2. The largest absolute Gasteiger partial charge is 0.206 e. The van der Waals surface area contributed by atoms with E-state index in [1.807, 2.05) is 6.07 Å². The third-order valence-electron chi connectivity index (χ3n) is 1.57. The molecule has 0 unspecified atom stereocenters. The molecular weight excluding hydrogens is 179 g/mol. The molecule has 0 N–H and O–H groups in total. The van der Waals surface area contributed by atoms with E-state index in [0.29, 0.717) is 5.56 Å². The molecule has 1 aromatic rings. The van der Waals surface area contributed by atoms with Crippen LogP contribution in [-0.2, 0) is 6.42 Å². The van der Waals surface area contributed by atoms with Gasteiger partial charge in [0.1, 0.15) is 5.82 Å². The van der Waals surface area contributed by atoms with Crippen LogP contribution in [0.15, 0.2) is 18.2 Å². The van der Waals surface area contributed by atoms with Crippen LogP contribution in [0.1, 0.15) is 11.1 Å². The van der Waals surface area contributed by atoms with Gasteiger partial charge in [-0.3, -0.25) is 0 Å². The highest BCUT2D eigenvalue weighted by Crippen LogP contribution is 2.09. The van der Waals surface area contributed by atoms with E-state index in [2.05, 4.69) is 11.8 Å². The lowest BCUT2D eigenvalue weighted by Gasteiger charge is -1.96. The molecule has 0 radical (unpaired) electrons. The second-order valence-corrected chi connectivity index (χ2v) is 2.51. The molecular formula is C11H5FN2. The number of hydrogen-bond donors (Lipinski definition) is 0. The van der Waals surface area contributed by atoms with Crippen LogP contribution >= 0.6 is 0 Å². The molecule has 0 saturated heterocycles. The average molecular weight is 184 g/mol. The fourth-order valence-electron chi connectivity index (χ4n) is 0.965. The summed E-state index contributed by atoms with van der Waals surface area (Å²) in [5.41, 5.74) is 0.843. The highest BCUT2D eigenvalue weighted by Gasteiger charge is 2.00. The van der Waals surface area contributed by atoms with Crippen LogP contribution in [0.4, 0.5) is 4.39 Å². The molecule has 0 aliphatic rings. The first-order valence-electron chi connectivity index (χ1n) is 3.83. The molecule has 0 fully saturated rings. The Morgan fingerprint density at radius 3 is 2.71 bits per heavy atom. The zero-order chi connectivity index (χ0) is 10.4. The summed E-state index contributed by atoms with van der Waals surface area (Å²) in [5.74, 6) is 4.00. The molecule has 2 nitrogen and oxygen atoms in total. The predicted molar refractivity (Wildman–Crippen MR) is 48.2 cm³/mol. The number of benzene rings is 1. The van der Waals surface area contributed by atoms with Crippen molar-refractivity contribution in [2.75, 3.05) is 0 Å². The molecule has 1 rings (SSSR count). The van der Waals surface area contributed by atoms with Crippen molar-refractivity contribution in [3.8, 4) is 24.0 Å². The second-order valence-electron chi connectivity index (χ2n) is 2.51. The van der Waals surface area contributed by atoms with Gasteiger partial charge in [0.25, 0.3) is 0 Å². The van der Waals surface area contributed by atoms with Gasteiger partial charge in [-0.25, -0.2) is 4.39 Å². The molecule has 14 heavy (non-hydrogen) atoms. The summed E-state index contributed by atoms with van der Waals surface area (Å²) >= 11 is 0. The van der Waals surface area contributed by atoms with Crippen LogP contribution in [0, 0.1) is 40.3 Å². The summed E-state index contributed by atoms with van der Waals surface area (Å²) in [6.45, 7) is 0. The third kappa shape index (κ3) is 2.34. The summed E-state index contributed by atoms with van der Waals surface area (Å²) < 4.78 is 13.0.